The Bertz CT molecular complexity index is 372. The number of piperazine rings is 1. The van der Waals surface area contributed by atoms with Gasteiger partial charge in [0.15, 0.2) is 0 Å². The molecule has 1 aromatic rings. The first-order valence-corrected chi connectivity index (χ1v) is 5.76. The number of aromatic nitrogens is 2. The van der Waals surface area contributed by atoms with Gasteiger partial charge in [0.1, 0.15) is 0 Å². The lowest BCUT2D eigenvalue weighted by Crippen LogP contribution is -2.44. The Balaban J connectivity index is 0.000000437. The zero-order chi connectivity index (χ0) is 12.7. The summed E-state index contributed by atoms with van der Waals surface area (Å²) in [6, 6.07) is 1.60. The SMILES string of the molecule is CCO.CN1CCN(c2cn[nH]c(=O)c2)CC1. The Hall–Kier alpha value is -1.40. The highest BCUT2D eigenvalue weighted by Crippen LogP contribution is 2.11. The highest BCUT2D eigenvalue weighted by molar-refractivity contribution is 5.43. The summed E-state index contributed by atoms with van der Waals surface area (Å²) in [5.74, 6) is 0. The average molecular weight is 240 g/mol. The van der Waals surface area contributed by atoms with Crippen LogP contribution in [0.15, 0.2) is 17.1 Å². The van der Waals surface area contributed by atoms with Gasteiger partial charge in [0.2, 0.25) is 0 Å². The van der Waals surface area contributed by atoms with Gasteiger partial charge in [-0.2, -0.15) is 5.10 Å². The molecule has 0 unspecified atom stereocenters. The van der Waals surface area contributed by atoms with Gasteiger partial charge >= 0.3 is 0 Å². The highest BCUT2D eigenvalue weighted by Gasteiger charge is 2.14. The molecular formula is C11H20N4O2. The van der Waals surface area contributed by atoms with Gasteiger partial charge in [-0.15, -0.1) is 0 Å². The molecule has 1 fully saturated rings. The quantitative estimate of drug-likeness (QED) is 0.693. The third-order valence-electron chi connectivity index (χ3n) is 2.52. The van der Waals surface area contributed by atoms with Crippen molar-refractivity contribution in [2.24, 2.45) is 0 Å². The third kappa shape index (κ3) is 4.54. The number of aliphatic hydroxyl groups excluding tert-OH is 1. The molecule has 0 spiro atoms. The van der Waals surface area contributed by atoms with E-state index in [1.807, 2.05) is 0 Å². The molecule has 1 aliphatic rings. The minimum absolute atomic E-state index is 0.138. The minimum atomic E-state index is -0.138. The van der Waals surface area contributed by atoms with Crippen molar-refractivity contribution in [2.75, 3.05) is 44.7 Å². The van der Waals surface area contributed by atoms with Crippen LogP contribution in [0.5, 0.6) is 0 Å². The number of aliphatic hydroxyl groups is 1. The minimum Gasteiger partial charge on any atom is -0.397 e. The number of nitrogens with zero attached hydrogens (tertiary/aromatic N) is 3. The summed E-state index contributed by atoms with van der Waals surface area (Å²) >= 11 is 0. The number of likely N-dealkylation sites (N-methyl/N-ethyl adjacent to an activating group) is 1. The van der Waals surface area contributed by atoms with Crippen LogP contribution in [-0.4, -0.2) is 60.0 Å². The largest absolute Gasteiger partial charge is 0.397 e. The molecule has 0 aromatic carbocycles. The molecule has 1 aliphatic heterocycles. The van der Waals surface area contributed by atoms with Crippen molar-refractivity contribution in [1.29, 1.82) is 0 Å². The van der Waals surface area contributed by atoms with Crippen molar-refractivity contribution < 1.29 is 5.11 Å². The fourth-order valence-electron chi connectivity index (χ4n) is 1.60. The van der Waals surface area contributed by atoms with Crippen molar-refractivity contribution in [3.63, 3.8) is 0 Å². The summed E-state index contributed by atoms with van der Waals surface area (Å²) in [6.45, 7) is 5.92. The molecule has 17 heavy (non-hydrogen) atoms. The lowest BCUT2D eigenvalue weighted by molar-refractivity contribution is 0.312. The molecule has 0 aliphatic carbocycles. The van der Waals surface area contributed by atoms with Crippen LogP contribution < -0.4 is 10.5 Å². The monoisotopic (exact) mass is 240 g/mol. The summed E-state index contributed by atoms with van der Waals surface area (Å²) < 4.78 is 0. The molecule has 0 bridgehead atoms. The third-order valence-corrected chi connectivity index (χ3v) is 2.52. The number of H-pyrrole nitrogens is 1. The van der Waals surface area contributed by atoms with Crippen molar-refractivity contribution in [3.05, 3.63) is 22.6 Å². The summed E-state index contributed by atoms with van der Waals surface area (Å²) in [5.41, 5.74) is 0.781. The molecule has 2 rings (SSSR count). The van der Waals surface area contributed by atoms with Crippen molar-refractivity contribution >= 4 is 5.69 Å². The normalized spacial score (nSPS) is 16.3. The molecule has 6 heteroatoms. The average Bonchev–Trinajstić information content (AvgIpc) is 2.31. The second kappa shape index (κ2) is 7.03. The van der Waals surface area contributed by atoms with Crippen molar-refractivity contribution in [1.82, 2.24) is 15.1 Å². The molecule has 0 amide bonds. The zero-order valence-electron chi connectivity index (χ0n) is 10.4. The zero-order valence-corrected chi connectivity index (χ0v) is 10.4. The number of rotatable bonds is 1. The second-order valence-corrected chi connectivity index (χ2v) is 3.91. The smallest absolute Gasteiger partial charge is 0.266 e. The standard InChI is InChI=1S/C9H14N4O.C2H6O/c1-12-2-4-13(5-3-12)8-6-9(14)11-10-7-8;1-2-3/h6-7H,2-5H2,1H3,(H,11,14);3H,2H2,1H3. The van der Waals surface area contributed by atoms with Crippen LogP contribution in [0, 0.1) is 0 Å². The first-order valence-electron chi connectivity index (χ1n) is 5.76. The summed E-state index contributed by atoms with van der Waals surface area (Å²) in [4.78, 5) is 15.5. The number of aromatic amines is 1. The molecule has 1 saturated heterocycles. The lowest BCUT2D eigenvalue weighted by Gasteiger charge is -2.33. The summed E-state index contributed by atoms with van der Waals surface area (Å²) in [6.07, 6.45) is 1.70. The van der Waals surface area contributed by atoms with Gasteiger partial charge in [0.05, 0.1) is 11.9 Å². The summed E-state index contributed by atoms with van der Waals surface area (Å²) in [5, 5.41) is 13.7. The molecule has 1 aromatic heterocycles. The predicted octanol–water partition coefficient (Wildman–Crippen LogP) is -0.480. The molecular weight excluding hydrogens is 220 g/mol. The number of hydrogen-bond donors (Lipinski definition) is 2. The Labute approximate surface area is 101 Å². The van der Waals surface area contributed by atoms with Gasteiger partial charge in [-0.3, -0.25) is 4.79 Å². The van der Waals surface area contributed by atoms with Crippen LogP contribution >= 0.6 is 0 Å². The van der Waals surface area contributed by atoms with Crippen LogP contribution in [0.25, 0.3) is 0 Å². The van der Waals surface area contributed by atoms with E-state index in [9.17, 15) is 4.79 Å². The predicted molar refractivity (Wildman–Crippen MR) is 67.3 cm³/mol. The maximum Gasteiger partial charge on any atom is 0.266 e. The highest BCUT2D eigenvalue weighted by atomic mass is 16.2. The van der Waals surface area contributed by atoms with Crippen molar-refractivity contribution in [2.45, 2.75) is 6.92 Å². The fraction of sp³-hybridized carbons (Fsp3) is 0.636. The van der Waals surface area contributed by atoms with E-state index in [4.69, 9.17) is 5.11 Å². The van der Waals surface area contributed by atoms with E-state index < -0.39 is 0 Å². The maximum absolute atomic E-state index is 11.0. The van der Waals surface area contributed by atoms with Gasteiger partial charge in [-0.05, 0) is 14.0 Å². The van der Waals surface area contributed by atoms with Crippen molar-refractivity contribution in [3.8, 4) is 0 Å². The Kier molecular flexibility index (Phi) is 5.65. The fourth-order valence-corrected chi connectivity index (χ4v) is 1.60. The first kappa shape index (κ1) is 13.7. The number of nitrogens with one attached hydrogen (secondary N) is 1. The van der Waals surface area contributed by atoms with E-state index in [0.29, 0.717) is 0 Å². The Morgan fingerprint density at radius 1 is 1.41 bits per heavy atom. The van der Waals surface area contributed by atoms with E-state index in [1.54, 1.807) is 19.2 Å². The first-order chi connectivity index (χ1) is 8.17. The number of anilines is 1. The van der Waals surface area contributed by atoms with E-state index in [2.05, 4.69) is 27.0 Å². The Morgan fingerprint density at radius 2 is 2.00 bits per heavy atom. The lowest BCUT2D eigenvalue weighted by atomic mass is 10.3. The van der Waals surface area contributed by atoms with Crippen LogP contribution in [0.4, 0.5) is 5.69 Å². The van der Waals surface area contributed by atoms with Gasteiger partial charge in [-0.25, -0.2) is 5.10 Å². The van der Waals surface area contributed by atoms with Crippen LogP contribution in [0.2, 0.25) is 0 Å². The van der Waals surface area contributed by atoms with Gasteiger partial charge in [0.25, 0.3) is 5.56 Å². The van der Waals surface area contributed by atoms with E-state index in [0.717, 1.165) is 31.9 Å². The van der Waals surface area contributed by atoms with Crippen LogP contribution in [-0.2, 0) is 0 Å². The molecule has 2 heterocycles. The van der Waals surface area contributed by atoms with E-state index >= 15 is 0 Å². The molecule has 2 N–H and O–H groups in total. The second-order valence-electron chi connectivity index (χ2n) is 3.91. The van der Waals surface area contributed by atoms with E-state index in [-0.39, 0.29) is 12.2 Å². The van der Waals surface area contributed by atoms with Crippen LogP contribution in [0.3, 0.4) is 0 Å². The Morgan fingerprint density at radius 3 is 2.53 bits per heavy atom. The molecule has 0 radical (unpaired) electrons. The van der Waals surface area contributed by atoms with E-state index in [1.165, 1.54) is 0 Å². The van der Waals surface area contributed by atoms with Gasteiger partial charge in [0, 0.05) is 38.9 Å². The van der Waals surface area contributed by atoms with Gasteiger partial charge in [-0.1, -0.05) is 0 Å². The molecule has 96 valence electrons. The molecule has 6 nitrogen and oxygen atoms in total. The number of hydrogen-bond acceptors (Lipinski definition) is 5. The maximum atomic E-state index is 11.0. The summed E-state index contributed by atoms with van der Waals surface area (Å²) in [7, 11) is 2.10. The topological polar surface area (TPSA) is 72.5 Å². The van der Waals surface area contributed by atoms with Gasteiger partial charge < -0.3 is 14.9 Å². The molecule has 0 atom stereocenters. The van der Waals surface area contributed by atoms with Crippen LogP contribution in [0.1, 0.15) is 6.92 Å². The molecule has 0 saturated carbocycles.